The van der Waals surface area contributed by atoms with Crippen molar-refractivity contribution in [1.82, 2.24) is 4.90 Å². The lowest BCUT2D eigenvalue weighted by atomic mass is 10.1. The number of piperazine rings is 1. The smallest absolute Gasteiger partial charge is 0.340 e. The molecule has 2 rings (SSSR count). The van der Waals surface area contributed by atoms with Gasteiger partial charge in [-0.2, -0.15) is 0 Å². The first-order chi connectivity index (χ1) is 9.97. The maximum absolute atomic E-state index is 12.0. The van der Waals surface area contributed by atoms with E-state index in [0.717, 1.165) is 31.9 Å². The molecule has 2 N–H and O–H groups in total. The molecule has 21 heavy (non-hydrogen) atoms. The maximum Gasteiger partial charge on any atom is 0.340 e. The van der Waals surface area contributed by atoms with Crippen molar-refractivity contribution in [3.8, 4) is 0 Å². The fourth-order valence-corrected chi connectivity index (χ4v) is 3.22. The van der Waals surface area contributed by atoms with Crippen molar-refractivity contribution in [1.29, 1.82) is 0 Å². The van der Waals surface area contributed by atoms with Gasteiger partial charge in [-0.3, -0.25) is 4.90 Å². The minimum Gasteiger partial charge on any atom is -0.465 e. The minimum absolute atomic E-state index is 0.405. The number of ether oxygens (including phenoxy) is 1. The van der Waals surface area contributed by atoms with Gasteiger partial charge in [-0.05, 0) is 25.6 Å². The molecule has 1 aromatic carbocycles. The van der Waals surface area contributed by atoms with Crippen LogP contribution >= 0.6 is 11.6 Å². The molecule has 0 aliphatic carbocycles. The van der Waals surface area contributed by atoms with Gasteiger partial charge in [0.05, 0.1) is 23.4 Å². The largest absolute Gasteiger partial charge is 0.465 e. The number of hydrogen-bond donors (Lipinski definition) is 1. The highest BCUT2D eigenvalue weighted by Crippen LogP contribution is 2.34. The van der Waals surface area contributed by atoms with Gasteiger partial charge in [0.2, 0.25) is 0 Å². The summed E-state index contributed by atoms with van der Waals surface area (Å²) in [6.45, 7) is 7.95. The van der Waals surface area contributed by atoms with Crippen molar-refractivity contribution in [3.05, 3.63) is 22.7 Å². The van der Waals surface area contributed by atoms with Gasteiger partial charge in [0.15, 0.2) is 0 Å². The maximum atomic E-state index is 12.0. The number of methoxy groups -OCH3 is 1. The Balaban J connectivity index is 2.37. The van der Waals surface area contributed by atoms with Crippen molar-refractivity contribution in [2.75, 3.05) is 43.9 Å². The second-order valence-electron chi connectivity index (χ2n) is 5.31. The van der Waals surface area contributed by atoms with Crippen LogP contribution < -0.4 is 10.6 Å². The number of nitrogens with two attached hydrogens (primary N) is 1. The number of esters is 1. The van der Waals surface area contributed by atoms with Crippen LogP contribution in [0, 0.1) is 0 Å². The number of benzene rings is 1. The number of rotatable bonds is 3. The van der Waals surface area contributed by atoms with Gasteiger partial charge in [-0.1, -0.05) is 18.5 Å². The molecule has 0 aromatic heterocycles. The Hall–Kier alpha value is -1.46. The van der Waals surface area contributed by atoms with Gasteiger partial charge in [0, 0.05) is 31.4 Å². The van der Waals surface area contributed by atoms with Crippen molar-refractivity contribution >= 4 is 28.9 Å². The lowest BCUT2D eigenvalue weighted by Gasteiger charge is -2.41. The monoisotopic (exact) mass is 311 g/mol. The molecule has 1 aliphatic rings. The highest BCUT2D eigenvalue weighted by atomic mass is 35.5. The number of hydrogen-bond acceptors (Lipinski definition) is 5. The quantitative estimate of drug-likeness (QED) is 0.685. The van der Waals surface area contributed by atoms with Gasteiger partial charge in [-0.15, -0.1) is 0 Å². The van der Waals surface area contributed by atoms with E-state index in [0.29, 0.717) is 22.3 Å². The number of carbonyl (C=O) groups excluding carboxylic acids is 1. The first-order valence-electron chi connectivity index (χ1n) is 7.14. The Kier molecular flexibility index (Phi) is 4.96. The Labute approximate surface area is 130 Å². The van der Waals surface area contributed by atoms with Crippen LogP contribution in [-0.4, -0.2) is 50.2 Å². The van der Waals surface area contributed by atoms with Gasteiger partial charge in [0.1, 0.15) is 0 Å². The van der Waals surface area contributed by atoms with Crippen LogP contribution in [-0.2, 0) is 4.74 Å². The number of nitrogen functional groups attached to an aromatic ring is 1. The first kappa shape index (κ1) is 15.9. The SMILES string of the molecule is CCN1CCN(c2c(Cl)cc(N)cc2C(=O)OC)CC1C. The van der Waals surface area contributed by atoms with Crippen LogP contribution in [0.3, 0.4) is 0 Å². The summed E-state index contributed by atoms with van der Waals surface area (Å²) in [4.78, 5) is 16.6. The Morgan fingerprint density at radius 2 is 2.19 bits per heavy atom. The molecule has 0 radical (unpaired) electrons. The summed E-state index contributed by atoms with van der Waals surface area (Å²) in [6, 6.07) is 3.72. The average molecular weight is 312 g/mol. The van der Waals surface area contributed by atoms with E-state index < -0.39 is 5.97 Å². The molecule has 1 aromatic rings. The summed E-state index contributed by atoms with van der Waals surface area (Å²) in [6.07, 6.45) is 0. The van der Waals surface area contributed by atoms with Crippen LogP contribution in [0.5, 0.6) is 0 Å². The van der Waals surface area contributed by atoms with Crippen LogP contribution in [0.2, 0.25) is 5.02 Å². The summed E-state index contributed by atoms with van der Waals surface area (Å²) in [7, 11) is 1.36. The summed E-state index contributed by atoms with van der Waals surface area (Å²) in [5.41, 5.74) is 7.42. The lowest BCUT2D eigenvalue weighted by molar-refractivity contribution is 0.0601. The van der Waals surface area contributed by atoms with Crippen LogP contribution in [0.25, 0.3) is 0 Å². The van der Waals surface area contributed by atoms with E-state index in [2.05, 4.69) is 23.6 Å². The van der Waals surface area contributed by atoms with Crippen LogP contribution in [0.15, 0.2) is 12.1 Å². The molecule has 0 amide bonds. The molecule has 1 fully saturated rings. The Bertz CT molecular complexity index is 536. The number of likely N-dealkylation sites (N-methyl/N-ethyl adjacent to an activating group) is 1. The zero-order valence-electron chi connectivity index (χ0n) is 12.7. The van der Waals surface area contributed by atoms with Gasteiger partial charge in [0.25, 0.3) is 0 Å². The highest BCUT2D eigenvalue weighted by Gasteiger charge is 2.27. The predicted molar refractivity (Wildman–Crippen MR) is 86.1 cm³/mol. The molecule has 116 valence electrons. The molecule has 6 heteroatoms. The van der Waals surface area contributed by atoms with Crippen LogP contribution in [0.4, 0.5) is 11.4 Å². The third-order valence-electron chi connectivity index (χ3n) is 3.98. The number of carbonyl (C=O) groups is 1. The number of halogens is 1. The van der Waals surface area contributed by atoms with E-state index in [1.165, 1.54) is 7.11 Å². The summed E-state index contributed by atoms with van der Waals surface area (Å²) in [5.74, 6) is -0.412. The topological polar surface area (TPSA) is 58.8 Å². The fourth-order valence-electron chi connectivity index (χ4n) is 2.88. The third kappa shape index (κ3) is 3.24. The van der Waals surface area contributed by atoms with Crippen LogP contribution in [0.1, 0.15) is 24.2 Å². The molecular weight excluding hydrogens is 290 g/mol. The molecule has 5 nitrogen and oxygen atoms in total. The summed E-state index contributed by atoms with van der Waals surface area (Å²) in [5, 5.41) is 0.493. The Morgan fingerprint density at radius 1 is 1.48 bits per heavy atom. The fraction of sp³-hybridized carbons (Fsp3) is 0.533. The van der Waals surface area contributed by atoms with E-state index in [9.17, 15) is 4.79 Å². The van der Waals surface area contributed by atoms with Gasteiger partial charge in [-0.25, -0.2) is 4.79 Å². The van der Waals surface area contributed by atoms with Gasteiger partial charge >= 0.3 is 5.97 Å². The van der Waals surface area contributed by atoms with E-state index in [-0.39, 0.29) is 0 Å². The molecule has 1 heterocycles. The van der Waals surface area contributed by atoms with Crippen molar-refractivity contribution in [3.63, 3.8) is 0 Å². The van der Waals surface area contributed by atoms with Crippen molar-refractivity contribution < 1.29 is 9.53 Å². The van der Waals surface area contributed by atoms with Crippen molar-refractivity contribution in [2.45, 2.75) is 19.9 Å². The second kappa shape index (κ2) is 6.54. The van der Waals surface area contributed by atoms with E-state index >= 15 is 0 Å². The number of anilines is 2. The summed E-state index contributed by atoms with van der Waals surface area (Å²) >= 11 is 6.34. The lowest BCUT2D eigenvalue weighted by Crippen LogP contribution is -2.52. The minimum atomic E-state index is -0.412. The molecular formula is C15H22ClN3O2. The Morgan fingerprint density at radius 3 is 2.76 bits per heavy atom. The molecule has 1 unspecified atom stereocenters. The zero-order valence-corrected chi connectivity index (χ0v) is 13.5. The molecule has 1 aliphatic heterocycles. The molecule has 1 atom stereocenters. The molecule has 0 bridgehead atoms. The normalized spacial score (nSPS) is 19.6. The molecule has 0 spiro atoms. The highest BCUT2D eigenvalue weighted by molar-refractivity contribution is 6.34. The van der Waals surface area contributed by atoms with E-state index in [1.54, 1.807) is 12.1 Å². The number of nitrogens with zero attached hydrogens (tertiary/aromatic N) is 2. The second-order valence-corrected chi connectivity index (χ2v) is 5.72. The van der Waals surface area contributed by atoms with Gasteiger partial charge < -0.3 is 15.4 Å². The van der Waals surface area contributed by atoms with Crippen molar-refractivity contribution in [2.24, 2.45) is 0 Å². The van der Waals surface area contributed by atoms with E-state index in [4.69, 9.17) is 22.1 Å². The predicted octanol–water partition coefficient (Wildman–Crippen LogP) is 2.24. The summed E-state index contributed by atoms with van der Waals surface area (Å²) < 4.78 is 4.86. The van der Waals surface area contributed by atoms with E-state index in [1.807, 2.05) is 0 Å². The molecule has 0 saturated carbocycles. The standard InChI is InChI=1S/C15H22ClN3O2/c1-4-18-5-6-19(9-10(18)2)14-12(15(20)21-3)7-11(17)8-13(14)16/h7-8,10H,4-6,9,17H2,1-3H3. The first-order valence-corrected chi connectivity index (χ1v) is 7.52. The molecule has 1 saturated heterocycles. The third-order valence-corrected chi connectivity index (χ3v) is 4.27. The zero-order chi connectivity index (χ0) is 15.6. The average Bonchev–Trinajstić information content (AvgIpc) is 2.45.